The Bertz CT molecular complexity index is 460. The largest absolute Gasteiger partial charge is 0.454 e. The Morgan fingerprint density at radius 2 is 2.21 bits per heavy atom. The van der Waals surface area contributed by atoms with E-state index < -0.39 is 18.2 Å². The second kappa shape index (κ2) is 5.79. The number of fused-ring (bicyclic) bond motifs is 1. The van der Waals surface area contributed by atoms with Crippen molar-refractivity contribution in [2.75, 3.05) is 13.9 Å². The standard InChI is InChI=1S/C13H17NO5/c1-8(15)10(14-13(16)17-2)5-9-3-4-11-12(6-9)19-7-18-11/h3-4,6,8,10,15H,5,7H2,1-2H3,(H,14,16)/t8?,10-/m1/s1. The van der Waals surface area contributed by atoms with Gasteiger partial charge in [0.1, 0.15) is 0 Å². The number of hydrogen-bond donors (Lipinski definition) is 2. The second-order valence-corrected chi connectivity index (χ2v) is 4.37. The predicted octanol–water partition coefficient (Wildman–Crippen LogP) is 1.06. The molecular formula is C13H17NO5. The molecule has 0 radical (unpaired) electrons. The van der Waals surface area contributed by atoms with Crippen LogP contribution in [-0.4, -0.2) is 37.2 Å². The van der Waals surface area contributed by atoms with Crippen LogP contribution in [-0.2, 0) is 11.2 Å². The lowest BCUT2D eigenvalue weighted by Crippen LogP contribution is -2.43. The van der Waals surface area contributed by atoms with Crippen LogP contribution in [0.2, 0.25) is 0 Å². The zero-order valence-electron chi connectivity index (χ0n) is 10.9. The molecular weight excluding hydrogens is 250 g/mol. The number of ether oxygens (including phenoxy) is 3. The highest BCUT2D eigenvalue weighted by atomic mass is 16.7. The first-order valence-electron chi connectivity index (χ1n) is 6.01. The molecule has 0 aromatic heterocycles. The molecule has 6 nitrogen and oxygen atoms in total. The molecule has 2 N–H and O–H groups in total. The Labute approximate surface area is 111 Å². The smallest absolute Gasteiger partial charge is 0.407 e. The molecule has 1 aliphatic rings. The zero-order valence-corrected chi connectivity index (χ0v) is 10.9. The van der Waals surface area contributed by atoms with E-state index in [0.717, 1.165) is 5.56 Å². The van der Waals surface area contributed by atoms with Crippen molar-refractivity contribution in [3.63, 3.8) is 0 Å². The van der Waals surface area contributed by atoms with Crippen LogP contribution in [0.4, 0.5) is 4.79 Å². The predicted molar refractivity (Wildman–Crippen MR) is 67.3 cm³/mol. The summed E-state index contributed by atoms with van der Waals surface area (Å²) in [5.74, 6) is 1.39. The number of aliphatic hydroxyl groups is 1. The van der Waals surface area contributed by atoms with Crippen molar-refractivity contribution in [2.45, 2.75) is 25.5 Å². The van der Waals surface area contributed by atoms with Gasteiger partial charge in [-0.25, -0.2) is 4.79 Å². The number of methoxy groups -OCH3 is 1. The van der Waals surface area contributed by atoms with E-state index in [1.165, 1.54) is 7.11 Å². The van der Waals surface area contributed by atoms with E-state index in [9.17, 15) is 9.90 Å². The Morgan fingerprint density at radius 3 is 2.89 bits per heavy atom. The maximum atomic E-state index is 11.2. The number of carbonyl (C=O) groups is 1. The van der Waals surface area contributed by atoms with E-state index in [2.05, 4.69) is 10.1 Å². The van der Waals surface area contributed by atoms with Crippen molar-refractivity contribution in [2.24, 2.45) is 0 Å². The molecule has 1 aliphatic heterocycles. The summed E-state index contributed by atoms with van der Waals surface area (Å²) in [7, 11) is 1.29. The van der Waals surface area contributed by atoms with Gasteiger partial charge in [-0.15, -0.1) is 0 Å². The summed E-state index contributed by atoms with van der Waals surface area (Å²) in [5, 5.41) is 12.3. The third-order valence-electron chi connectivity index (χ3n) is 2.96. The number of aliphatic hydroxyl groups excluding tert-OH is 1. The normalized spacial score (nSPS) is 15.7. The van der Waals surface area contributed by atoms with Crippen LogP contribution in [0.5, 0.6) is 11.5 Å². The van der Waals surface area contributed by atoms with Gasteiger partial charge in [0.05, 0.1) is 19.3 Å². The first-order valence-corrected chi connectivity index (χ1v) is 6.01. The number of hydrogen-bond acceptors (Lipinski definition) is 5. The summed E-state index contributed by atoms with van der Waals surface area (Å²) in [6.45, 7) is 1.84. The molecule has 2 atom stereocenters. The van der Waals surface area contributed by atoms with Crippen LogP contribution in [0.15, 0.2) is 18.2 Å². The fourth-order valence-corrected chi connectivity index (χ4v) is 1.87. The average molecular weight is 267 g/mol. The van der Waals surface area contributed by atoms with Gasteiger partial charge in [-0.2, -0.15) is 0 Å². The number of amides is 1. The molecule has 6 heteroatoms. The van der Waals surface area contributed by atoms with Crippen molar-refractivity contribution < 1.29 is 24.1 Å². The molecule has 19 heavy (non-hydrogen) atoms. The maximum Gasteiger partial charge on any atom is 0.407 e. The highest BCUT2D eigenvalue weighted by Crippen LogP contribution is 2.32. The lowest BCUT2D eigenvalue weighted by atomic mass is 10.0. The van der Waals surface area contributed by atoms with Crippen LogP contribution in [0.1, 0.15) is 12.5 Å². The lowest BCUT2D eigenvalue weighted by molar-refractivity contribution is 0.125. The Kier molecular flexibility index (Phi) is 4.11. The van der Waals surface area contributed by atoms with Gasteiger partial charge in [-0.1, -0.05) is 6.07 Å². The quantitative estimate of drug-likeness (QED) is 0.853. The molecule has 0 spiro atoms. The molecule has 2 rings (SSSR count). The van der Waals surface area contributed by atoms with Gasteiger partial charge in [-0.05, 0) is 31.0 Å². The molecule has 1 aromatic rings. The minimum absolute atomic E-state index is 0.221. The molecule has 1 heterocycles. The molecule has 0 bridgehead atoms. The molecule has 0 aliphatic carbocycles. The number of alkyl carbamates (subject to hydrolysis) is 1. The summed E-state index contributed by atoms with van der Waals surface area (Å²) in [6, 6.07) is 5.11. The van der Waals surface area contributed by atoms with Gasteiger partial charge in [0.25, 0.3) is 0 Å². The first-order chi connectivity index (χ1) is 9.10. The zero-order chi connectivity index (χ0) is 13.8. The Morgan fingerprint density at radius 1 is 1.47 bits per heavy atom. The first kappa shape index (κ1) is 13.5. The molecule has 1 unspecified atom stereocenters. The van der Waals surface area contributed by atoms with Crippen molar-refractivity contribution in [1.29, 1.82) is 0 Å². The number of rotatable bonds is 4. The summed E-state index contributed by atoms with van der Waals surface area (Å²) >= 11 is 0. The minimum Gasteiger partial charge on any atom is -0.454 e. The average Bonchev–Trinajstić information content (AvgIpc) is 2.85. The molecule has 1 aromatic carbocycles. The van der Waals surface area contributed by atoms with Gasteiger partial charge < -0.3 is 24.6 Å². The lowest BCUT2D eigenvalue weighted by Gasteiger charge is -2.20. The van der Waals surface area contributed by atoms with Crippen LogP contribution in [0, 0.1) is 0 Å². The Balaban J connectivity index is 2.06. The van der Waals surface area contributed by atoms with Crippen molar-refractivity contribution >= 4 is 6.09 Å². The van der Waals surface area contributed by atoms with Gasteiger partial charge in [-0.3, -0.25) is 0 Å². The van der Waals surface area contributed by atoms with Crippen molar-refractivity contribution in [1.82, 2.24) is 5.32 Å². The molecule has 0 saturated heterocycles. The summed E-state index contributed by atoms with van der Waals surface area (Å²) in [4.78, 5) is 11.2. The Hall–Kier alpha value is -1.95. The SMILES string of the molecule is COC(=O)N[C@H](Cc1ccc2c(c1)OCO2)C(C)O. The second-order valence-electron chi connectivity index (χ2n) is 4.37. The highest BCUT2D eigenvalue weighted by molar-refractivity contribution is 5.67. The third-order valence-corrected chi connectivity index (χ3v) is 2.96. The van der Waals surface area contributed by atoms with Crippen molar-refractivity contribution in [3.05, 3.63) is 23.8 Å². The van der Waals surface area contributed by atoms with Gasteiger partial charge in [0.2, 0.25) is 6.79 Å². The van der Waals surface area contributed by atoms with Crippen LogP contribution in [0.3, 0.4) is 0 Å². The van der Waals surface area contributed by atoms with Crippen LogP contribution < -0.4 is 14.8 Å². The number of benzene rings is 1. The van der Waals surface area contributed by atoms with E-state index in [0.29, 0.717) is 17.9 Å². The van der Waals surface area contributed by atoms with E-state index in [1.54, 1.807) is 6.92 Å². The maximum absolute atomic E-state index is 11.2. The van der Waals surface area contributed by atoms with Crippen LogP contribution >= 0.6 is 0 Å². The minimum atomic E-state index is -0.690. The third kappa shape index (κ3) is 3.29. The molecule has 0 saturated carbocycles. The summed E-state index contributed by atoms with van der Waals surface area (Å²) in [6.07, 6.45) is -0.778. The van der Waals surface area contributed by atoms with Crippen molar-refractivity contribution in [3.8, 4) is 11.5 Å². The summed E-state index contributed by atoms with van der Waals surface area (Å²) < 4.78 is 15.0. The fraction of sp³-hybridized carbons (Fsp3) is 0.462. The molecule has 1 amide bonds. The van der Waals surface area contributed by atoms with Crippen LogP contribution in [0.25, 0.3) is 0 Å². The monoisotopic (exact) mass is 267 g/mol. The van der Waals surface area contributed by atoms with E-state index in [-0.39, 0.29) is 6.79 Å². The topological polar surface area (TPSA) is 77.0 Å². The van der Waals surface area contributed by atoms with E-state index in [1.807, 2.05) is 18.2 Å². The highest BCUT2D eigenvalue weighted by Gasteiger charge is 2.20. The van der Waals surface area contributed by atoms with Gasteiger partial charge >= 0.3 is 6.09 Å². The van der Waals surface area contributed by atoms with E-state index >= 15 is 0 Å². The van der Waals surface area contributed by atoms with Gasteiger partial charge in [0.15, 0.2) is 11.5 Å². The fourth-order valence-electron chi connectivity index (χ4n) is 1.87. The molecule has 104 valence electrons. The summed E-state index contributed by atoms with van der Waals surface area (Å²) in [5.41, 5.74) is 0.937. The number of carbonyl (C=O) groups excluding carboxylic acids is 1. The molecule has 0 fully saturated rings. The van der Waals surface area contributed by atoms with E-state index in [4.69, 9.17) is 9.47 Å². The van der Waals surface area contributed by atoms with Gasteiger partial charge in [0, 0.05) is 0 Å². The number of nitrogens with one attached hydrogen (secondary N) is 1.